The maximum absolute atomic E-state index is 14.1. The zero-order valence-corrected chi connectivity index (χ0v) is 14.3. The summed E-state index contributed by atoms with van der Waals surface area (Å²) in [5, 5.41) is 7.55. The molecule has 134 valence electrons. The van der Waals surface area contributed by atoms with E-state index in [1.807, 2.05) is 12.1 Å². The molecule has 6 nitrogen and oxygen atoms in total. The number of halogens is 1. The molecular formula is C20H16FN5O. The van der Waals surface area contributed by atoms with Crippen LogP contribution in [0.1, 0.15) is 28.5 Å². The molecule has 5 rings (SSSR count). The Balaban J connectivity index is 1.45. The van der Waals surface area contributed by atoms with Crippen molar-refractivity contribution in [1.29, 1.82) is 0 Å². The van der Waals surface area contributed by atoms with Crippen LogP contribution in [-0.2, 0) is 0 Å². The minimum atomic E-state index is -0.275. The first kappa shape index (κ1) is 15.7. The fraction of sp³-hybridized carbons (Fsp3) is 0.150. The molecule has 2 N–H and O–H groups in total. The minimum absolute atomic E-state index is 0.141. The highest BCUT2D eigenvalue weighted by Gasteiger charge is 2.35. The molecule has 1 amide bonds. The number of rotatable bonds is 3. The predicted octanol–water partition coefficient (Wildman–Crippen LogP) is 3.68. The van der Waals surface area contributed by atoms with Crippen molar-refractivity contribution < 1.29 is 9.18 Å². The van der Waals surface area contributed by atoms with Gasteiger partial charge in [-0.05, 0) is 30.7 Å². The molecule has 0 saturated carbocycles. The van der Waals surface area contributed by atoms with Gasteiger partial charge in [0.2, 0.25) is 0 Å². The van der Waals surface area contributed by atoms with E-state index in [4.69, 9.17) is 0 Å². The lowest BCUT2D eigenvalue weighted by atomic mass is 9.94. The number of carbonyl (C=O) groups is 1. The SMILES string of the molecule is O=C(c1cc2ccc(-c3cn[nH]c3)nc2[nH]1)N1CCC1c1ccccc1F. The lowest BCUT2D eigenvalue weighted by Crippen LogP contribution is -2.45. The zero-order valence-electron chi connectivity index (χ0n) is 14.3. The number of aromatic nitrogens is 4. The van der Waals surface area contributed by atoms with Crippen molar-refractivity contribution in [3.63, 3.8) is 0 Å². The Morgan fingerprint density at radius 2 is 2.11 bits per heavy atom. The van der Waals surface area contributed by atoms with E-state index in [1.165, 1.54) is 6.07 Å². The topological polar surface area (TPSA) is 77.7 Å². The Morgan fingerprint density at radius 1 is 1.22 bits per heavy atom. The fourth-order valence-electron chi connectivity index (χ4n) is 3.53. The van der Waals surface area contributed by atoms with Crippen molar-refractivity contribution in [3.05, 3.63) is 71.9 Å². The number of carbonyl (C=O) groups excluding carboxylic acids is 1. The minimum Gasteiger partial charge on any atom is -0.335 e. The van der Waals surface area contributed by atoms with Crippen molar-refractivity contribution in [1.82, 2.24) is 25.1 Å². The molecular weight excluding hydrogens is 345 g/mol. The molecule has 0 aliphatic carbocycles. The van der Waals surface area contributed by atoms with Crippen molar-refractivity contribution in [2.24, 2.45) is 0 Å². The first-order valence-corrected chi connectivity index (χ1v) is 8.75. The molecule has 3 aromatic heterocycles. The Morgan fingerprint density at radius 3 is 2.85 bits per heavy atom. The van der Waals surface area contributed by atoms with Gasteiger partial charge >= 0.3 is 0 Å². The number of pyridine rings is 1. The number of aromatic amines is 2. The molecule has 0 bridgehead atoms. The summed E-state index contributed by atoms with van der Waals surface area (Å²) in [6, 6.07) is 12.0. The van der Waals surface area contributed by atoms with Gasteiger partial charge in [-0.3, -0.25) is 9.89 Å². The van der Waals surface area contributed by atoms with Gasteiger partial charge in [-0.1, -0.05) is 18.2 Å². The Kier molecular flexibility index (Phi) is 3.53. The molecule has 0 radical (unpaired) electrons. The van der Waals surface area contributed by atoms with Crippen molar-refractivity contribution in [2.75, 3.05) is 6.54 Å². The van der Waals surface area contributed by atoms with Crippen molar-refractivity contribution >= 4 is 16.9 Å². The Bertz CT molecular complexity index is 1130. The van der Waals surface area contributed by atoms with E-state index in [0.717, 1.165) is 23.1 Å². The van der Waals surface area contributed by atoms with E-state index in [-0.39, 0.29) is 17.8 Å². The monoisotopic (exact) mass is 361 g/mol. The average molecular weight is 361 g/mol. The molecule has 1 atom stereocenters. The molecule has 1 aliphatic rings. The van der Waals surface area contributed by atoms with Gasteiger partial charge in [-0.25, -0.2) is 9.37 Å². The average Bonchev–Trinajstić information content (AvgIpc) is 3.31. The van der Waals surface area contributed by atoms with Gasteiger partial charge in [0.1, 0.15) is 17.2 Å². The van der Waals surface area contributed by atoms with Crippen LogP contribution in [0.3, 0.4) is 0 Å². The summed E-state index contributed by atoms with van der Waals surface area (Å²) < 4.78 is 14.1. The summed E-state index contributed by atoms with van der Waals surface area (Å²) in [5.74, 6) is -0.416. The highest BCUT2D eigenvalue weighted by atomic mass is 19.1. The first-order chi connectivity index (χ1) is 13.2. The lowest BCUT2D eigenvalue weighted by Gasteiger charge is -2.41. The van der Waals surface area contributed by atoms with Gasteiger partial charge in [0.05, 0.1) is 17.9 Å². The standard InChI is InChI=1S/C20H16FN5O/c21-15-4-2-1-3-14(15)18-7-8-26(18)20(27)17-9-12-5-6-16(24-19(12)25-17)13-10-22-23-11-13/h1-6,9-11,18H,7-8H2,(H,22,23)(H,24,25). The second-order valence-corrected chi connectivity index (χ2v) is 6.63. The number of nitrogens with zero attached hydrogens (tertiary/aromatic N) is 3. The van der Waals surface area contributed by atoms with Crippen LogP contribution in [0, 0.1) is 5.82 Å². The predicted molar refractivity (Wildman–Crippen MR) is 98.5 cm³/mol. The largest absolute Gasteiger partial charge is 0.335 e. The third kappa shape index (κ3) is 2.59. The van der Waals surface area contributed by atoms with E-state index in [2.05, 4.69) is 20.2 Å². The zero-order chi connectivity index (χ0) is 18.4. The Labute approximate surface area is 154 Å². The highest BCUT2D eigenvalue weighted by molar-refractivity contribution is 5.98. The summed E-state index contributed by atoms with van der Waals surface area (Å²) >= 11 is 0. The second kappa shape index (κ2) is 6.05. The maximum atomic E-state index is 14.1. The molecule has 1 fully saturated rings. The van der Waals surface area contributed by atoms with Crippen molar-refractivity contribution in [3.8, 4) is 11.3 Å². The number of hydrogen-bond donors (Lipinski definition) is 2. The number of benzene rings is 1. The summed E-state index contributed by atoms with van der Waals surface area (Å²) in [5.41, 5.74) is 3.31. The van der Waals surface area contributed by atoms with E-state index in [9.17, 15) is 9.18 Å². The summed E-state index contributed by atoms with van der Waals surface area (Å²) in [4.78, 5) is 22.3. The third-order valence-electron chi connectivity index (χ3n) is 5.05. The smallest absolute Gasteiger partial charge is 0.270 e. The summed E-state index contributed by atoms with van der Waals surface area (Å²) in [6.07, 6.45) is 4.22. The molecule has 0 spiro atoms. The van der Waals surface area contributed by atoms with Gasteiger partial charge in [-0.2, -0.15) is 5.10 Å². The number of hydrogen-bond acceptors (Lipinski definition) is 3. The highest BCUT2D eigenvalue weighted by Crippen LogP contribution is 2.36. The maximum Gasteiger partial charge on any atom is 0.270 e. The van der Waals surface area contributed by atoms with Crippen LogP contribution < -0.4 is 0 Å². The van der Waals surface area contributed by atoms with Crippen LogP contribution in [0.5, 0.6) is 0 Å². The molecule has 1 saturated heterocycles. The lowest BCUT2D eigenvalue weighted by molar-refractivity contribution is 0.0448. The van der Waals surface area contributed by atoms with Gasteiger partial charge in [-0.15, -0.1) is 0 Å². The second-order valence-electron chi connectivity index (χ2n) is 6.63. The van der Waals surface area contributed by atoms with Crippen LogP contribution in [-0.4, -0.2) is 37.5 Å². The molecule has 4 heterocycles. The molecule has 7 heteroatoms. The van der Waals surface area contributed by atoms with Crippen LogP contribution in [0.15, 0.2) is 54.9 Å². The van der Waals surface area contributed by atoms with Gasteiger partial charge in [0.15, 0.2) is 0 Å². The number of fused-ring (bicyclic) bond motifs is 1. The number of nitrogens with one attached hydrogen (secondary N) is 2. The van der Waals surface area contributed by atoms with E-state index in [1.54, 1.807) is 41.6 Å². The summed E-state index contributed by atoms with van der Waals surface area (Å²) in [6.45, 7) is 0.612. The molecule has 1 aromatic carbocycles. The van der Waals surface area contributed by atoms with Crippen LogP contribution in [0.2, 0.25) is 0 Å². The Hall–Kier alpha value is -3.48. The van der Waals surface area contributed by atoms with Crippen LogP contribution >= 0.6 is 0 Å². The van der Waals surface area contributed by atoms with Crippen LogP contribution in [0.25, 0.3) is 22.3 Å². The molecule has 1 aliphatic heterocycles. The molecule has 1 unspecified atom stereocenters. The number of likely N-dealkylation sites (tertiary alicyclic amines) is 1. The van der Waals surface area contributed by atoms with Gasteiger partial charge in [0, 0.05) is 29.3 Å². The normalized spacial score (nSPS) is 16.5. The van der Waals surface area contributed by atoms with Gasteiger partial charge in [0.25, 0.3) is 5.91 Å². The molecule has 27 heavy (non-hydrogen) atoms. The number of amides is 1. The van der Waals surface area contributed by atoms with E-state index < -0.39 is 0 Å². The number of H-pyrrole nitrogens is 2. The first-order valence-electron chi connectivity index (χ1n) is 8.75. The van der Waals surface area contributed by atoms with Crippen molar-refractivity contribution in [2.45, 2.75) is 12.5 Å². The van der Waals surface area contributed by atoms with Crippen LogP contribution in [0.4, 0.5) is 4.39 Å². The third-order valence-corrected chi connectivity index (χ3v) is 5.05. The summed E-state index contributed by atoms with van der Waals surface area (Å²) in [7, 11) is 0. The van der Waals surface area contributed by atoms with Gasteiger partial charge < -0.3 is 9.88 Å². The quantitative estimate of drug-likeness (QED) is 0.584. The molecule has 4 aromatic rings. The fourth-order valence-corrected chi connectivity index (χ4v) is 3.53. The van der Waals surface area contributed by atoms with E-state index in [0.29, 0.717) is 23.4 Å². The van der Waals surface area contributed by atoms with E-state index >= 15 is 0 Å².